The van der Waals surface area contributed by atoms with Crippen molar-refractivity contribution in [3.8, 4) is 11.5 Å². The summed E-state index contributed by atoms with van der Waals surface area (Å²) >= 11 is 0. The van der Waals surface area contributed by atoms with E-state index in [0.717, 1.165) is 5.56 Å². The highest BCUT2D eigenvalue weighted by atomic mass is 16.6. The molecule has 0 aliphatic carbocycles. The average molecular weight is 253 g/mol. The van der Waals surface area contributed by atoms with Crippen molar-refractivity contribution in [2.45, 2.75) is 25.8 Å². The van der Waals surface area contributed by atoms with Crippen LogP contribution in [0.25, 0.3) is 0 Å². The van der Waals surface area contributed by atoms with Crippen LogP contribution in [0.5, 0.6) is 11.5 Å². The standard InChI is InChI=1S/C13H19NO4/c1-9(16)18-12-6-5-10(8-13(12)17-2)11(14)4-3-7-15/h5-6,8,11,15H,3-4,7,14H2,1-2H3/t11-/m1/s1. The molecule has 18 heavy (non-hydrogen) atoms. The molecule has 0 aliphatic rings. The van der Waals surface area contributed by atoms with Gasteiger partial charge in [-0.25, -0.2) is 0 Å². The van der Waals surface area contributed by atoms with Crippen LogP contribution in [0, 0.1) is 0 Å². The third kappa shape index (κ3) is 4.01. The molecule has 1 rings (SSSR count). The van der Waals surface area contributed by atoms with Gasteiger partial charge in [-0.05, 0) is 30.5 Å². The summed E-state index contributed by atoms with van der Waals surface area (Å²) in [5.74, 6) is 0.455. The molecule has 0 unspecified atom stereocenters. The Hall–Kier alpha value is -1.59. The first kappa shape index (κ1) is 14.5. The number of esters is 1. The number of hydrogen-bond acceptors (Lipinski definition) is 5. The van der Waals surface area contributed by atoms with Crippen molar-refractivity contribution in [3.05, 3.63) is 23.8 Å². The highest BCUT2D eigenvalue weighted by molar-refractivity contribution is 5.70. The van der Waals surface area contributed by atoms with E-state index in [1.54, 1.807) is 18.2 Å². The molecule has 0 bridgehead atoms. The zero-order chi connectivity index (χ0) is 13.5. The summed E-state index contributed by atoms with van der Waals surface area (Å²) in [6.45, 7) is 1.46. The molecular weight excluding hydrogens is 234 g/mol. The number of nitrogens with two attached hydrogens (primary N) is 1. The molecule has 1 aromatic carbocycles. The molecule has 0 saturated heterocycles. The topological polar surface area (TPSA) is 81.8 Å². The number of rotatable bonds is 6. The molecule has 5 heteroatoms. The molecule has 5 nitrogen and oxygen atoms in total. The maximum atomic E-state index is 10.9. The summed E-state index contributed by atoms with van der Waals surface area (Å²) in [5, 5.41) is 8.77. The minimum Gasteiger partial charge on any atom is -0.493 e. The highest BCUT2D eigenvalue weighted by Crippen LogP contribution is 2.30. The van der Waals surface area contributed by atoms with E-state index in [1.165, 1.54) is 14.0 Å². The quantitative estimate of drug-likeness (QED) is 0.591. The van der Waals surface area contributed by atoms with Crippen LogP contribution in [-0.2, 0) is 4.79 Å². The monoisotopic (exact) mass is 253 g/mol. The van der Waals surface area contributed by atoms with Crippen molar-refractivity contribution < 1.29 is 19.4 Å². The number of aliphatic hydroxyl groups excluding tert-OH is 1. The Balaban J connectivity index is 2.87. The van der Waals surface area contributed by atoms with Crippen molar-refractivity contribution in [2.75, 3.05) is 13.7 Å². The summed E-state index contributed by atoms with van der Waals surface area (Å²) in [6.07, 6.45) is 1.34. The summed E-state index contributed by atoms with van der Waals surface area (Å²) in [5.41, 5.74) is 6.87. The smallest absolute Gasteiger partial charge is 0.308 e. The summed E-state index contributed by atoms with van der Waals surface area (Å²) in [7, 11) is 1.51. The number of ether oxygens (including phenoxy) is 2. The minimum atomic E-state index is -0.398. The van der Waals surface area contributed by atoms with Gasteiger partial charge in [0.25, 0.3) is 0 Å². The number of carbonyl (C=O) groups excluding carboxylic acids is 1. The van der Waals surface area contributed by atoms with E-state index in [9.17, 15) is 4.79 Å². The second kappa shape index (κ2) is 6.98. The summed E-state index contributed by atoms with van der Waals surface area (Å²) in [4.78, 5) is 10.9. The molecule has 0 radical (unpaired) electrons. The lowest BCUT2D eigenvalue weighted by Crippen LogP contribution is -2.11. The normalized spacial score (nSPS) is 12.0. The SMILES string of the molecule is COc1cc([C@H](N)CCCO)ccc1OC(C)=O. The predicted octanol–water partition coefficient (Wildman–Crippen LogP) is 1.39. The van der Waals surface area contributed by atoms with Crippen LogP contribution in [0.1, 0.15) is 31.4 Å². The Morgan fingerprint density at radius 1 is 1.44 bits per heavy atom. The van der Waals surface area contributed by atoms with Gasteiger partial charge in [0.1, 0.15) is 0 Å². The Kier molecular flexibility index (Phi) is 5.61. The van der Waals surface area contributed by atoms with Crippen molar-refractivity contribution in [1.29, 1.82) is 0 Å². The van der Waals surface area contributed by atoms with Crippen LogP contribution in [0.2, 0.25) is 0 Å². The lowest BCUT2D eigenvalue weighted by atomic mass is 10.0. The fourth-order valence-corrected chi connectivity index (χ4v) is 1.63. The molecule has 0 amide bonds. The van der Waals surface area contributed by atoms with E-state index >= 15 is 0 Å². The fraction of sp³-hybridized carbons (Fsp3) is 0.462. The highest BCUT2D eigenvalue weighted by Gasteiger charge is 2.12. The van der Waals surface area contributed by atoms with E-state index in [1.807, 2.05) is 0 Å². The molecule has 1 aromatic rings. The van der Waals surface area contributed by atoms with Crippen LogP contribution in [0.15, 0.2) is 18.2 Å². The molecule has 1 atom stereocenters. The van der Waals surface area contributed by atoms with Crippen molar-refractivity contribution in [2.24, 2.45) is 5.73 Å². The molecule has 3 N–H and O–H groups in total. The zero-order valence-corrected chi connectivity index (χ0v) is 10.7. The van der Waals surface area contributed by atoms with Crippen LogP contribution < -0.4 is 15.2 Å². The van der Waals surface area contributed by atoms with Gasteiger partial charge in [-0.1, -0.05) is 6.07 Å². The maximum absolute atomic E-state index is 10.9. The summed E-state index contributed by atoms with van der Waals surface area (Å²) < 4.78 is 10.2. The lowest BCUT2D eigenvalue weighted by Gasteiger charge is -2.14. The molecule has 0 aliphatic heterocycles. The van der Waals surface area contributed by atoms with Crippen LogP contribution >= 0.6 is 0 Å². The van der Waals surface area contributed by atoms with Gasteiger partial charge in [0, 0.05) is 19.6 Å². The molecule has 100 valence electrons. The number of benzene rings is 1. The van der Waals surface area contributed by atoms with Gasteiger partial charge in [0.2, 0.25) is 0 Å². The molecular formula is C13H19NO4. The zero-order valence-electron chi connectivity index (χ0n) is 10.7. The Morgan fingerprint density at radius 2 is 2.17 bits per heavy atom. The van der Waals surface area contributed by atoms with Gasteiger partial charge >= 0.3 is 5.97 Å². The van der Waals surface area contributed by atoms with Gasteiger partial charge in [-0.15, -0.1) is 0 Å². The molecule has 0 saturated carbocycles. The van der Waals surface area contributed by atoms with Crippen LogP contribution in [0.3, 0.4) is 0 Å². The average Bonchev–Trinajstić information content (AvgIpc) is 2.35. The summed E-state index contributed by atoms with van der Waals surface area (Å²) in [6, 6.07) is 5.04. The van der Waals surface area contributed by atoms with E-state index in [0.29, 0.717) is 24.3 Å². The first-order chi connectivity index (χ1) is 8.58. The van der Waals surface area contributed by atoms with Crippen molar-refractivity contribution in [1.82, 2.24) is 0 Å². The van der Waals surface area contributed by atoms with Crippen LogP contribution in [0.4, 0.5) is 0 Å². The fourth-order valence-electron chi connectivity index (χ4n) is 1.63. The van der Waals surface area contributed by atoms with Gasteiger partial charge in [-0.3, -0.25) is 4.79 Å². The number of methoxy groups -OCH3 is 1. The second-order valence-corrected chi connectivity index (χ2v) is 3.98. The van der Waals surface area contributed by atoms with Crippen molar-refractivity contribution >= 4 is 5.97 Å². The molecule has 0 spiro atoms. The van der Waals surface area contributed by atoms with Gasteiger partial charge in [-0.2, -0.15) is 0 Å². The van der Waals surface area contributed by atoms with E-state index in [-0.39, 0.29) is 12.6 Å². The Labute approximate surface area is 107 Å². The van der Waals surface area contributed by atoms with E-state index in [4.69, 9.17) is 20.3 Å². The predicted molar refractivity (Wildman–Crippen MR) is 67.6 cm³/mol. The lowest BCUT2D eigenvalue weighted by molar-refractivity contribution is -0.132. The first-order valence-corrected chi connectivity index (χ1v) is 5.81. The second-order valence-electron chi connectivity index (χ2n) is 3.98. The minimum absolute atomic E-state index is 0.121. The van der Waals surface area contributed by atoms with Crippen LogP contribution in [-0.4, -0.2) is 24.8 Å². The number of aliphatic hydroxyl groups is 1. The largest absolute Gasteiger partial charge is 0.493 e. The third-order valence-electron chi connectivity index (χ3n) is 2.54. The Morgan fingerprint density at radius 3 is 2.72 bits per heavy atom. The van der Waals surface area contributed by atoms with Gasteiger partial charge in [0.05, 0.1) is 7.11 Å². The molecule has 0 heterocycles. The van der Waals surface area contributed by atoms with Gasteiger partial charge in [0.15, 0.2) is 11.5 Å². The molecule has 0 aromatic heterocycles. The molecule has 0 fully saturated rings. The Bertz CT molecular complexity index is 406. The number of carbonyl (C=O) groups is 1. The van der Waals surface area contributed by atoms with E-state index in [2.05, 4.69) is 0 Å². The van der Waals surface area contributed by atoms with Crippen molar-refractivity contribution in [3.63, 3.8) is 0 Å². The third-order valence-corrected chi connectivity index (χ3v) is 2.54. The first-order valence-electron chi connectivity index (χ1n) is 5.81. The number of hydrogen-bond donors (Lipinski definition) is 2. The maximum Gasteiger partial charge on any atom is 0.308 e. The van der Waals surface area contributed by atoms with E-state index < -0.39 is 5.97 Å². The van der Waals surface area contributed by atoms with Gasteiger partial charge < -0.3 is 20.3 Å².